The van der Waals surface area contributed by atoms with E-state index in [9.17, 15) is 0 Å². The molecule has 2 heteroatoms. The molecule has 0 spiro atoms. The van der Waals surface area contributed by atoms with Crippen LogP contribution in [0.2, 0.25) is 0 Å². The van der Waals surface area contributed by atoms with Crippen molar-refractivity contribution in [2.24, 2.45) is 0 Å². The van der Waals surface area contributed by atoms with E-state index in [1.807, 2.05) is 18.2 Å². The van der Waals surface area contributed by atoms with Crippen LogP contribution in [0.15, 0.2) is 42.5 Å². The molecule has 19 heavy (non-hydrogen) atoms. The molecule has 0 aliphatic heterocycles. The zero-order valence-electron chi connectivity index (χ0n) is 11.7. The molecule has 0 fully saturated rings. The number of nitrogens with one attached hydrogen (secondary N) is 1. The Hall–Kier alpha value is -2.09. The fourth-order valence-corrected chi connectivity index (χ4v) is 2.17. The first-order valence-electron chi connectivity index (χ1n) is 6.48. The highest BCUT2D eigenvalue weighted by molar-refractivity contribution is 5.96. The highest BCUT2D eigenvalue weighted by atomic mass is 16.5. The van der Waals surface area contributed by atoms with Gasteiger partial charge in [-0.15, -0.1) is 0 Å². The molecule has 2 nitrogen and oxygen atoms in total. The van der Waals surface area contributed by atoms with Crippen LogP contribution in [0, 0.1) is 5.41 Å². The first kappa shape index (κ1) is 13.3. The van der Waals surface area contributed by atoms with Crippen LogP contribution in [0.1, 0.15) is 25.0 Å². The van der Waals surface area contributed by atoms with Gasteiger partial charge in [-0.2, -0.15) is 0 Å². The third-order valence-electron chi connectivity index (χ3n) is 3.32. The summed E-state index contributed by atoms with van der Waals surface area (Å²) < 4.78 is 5.27. The first-order chi connectivity index (χ1) is 9.15. The van der Waals surface area contributed by atoms with Gasteiger partial charge in [-0.1, -0.05) is 37.3 Å². The molecule has 0 radical (unpaired) electrons. The van der Waals surface area contributed by atoms with Crippen LogP contribution >= 0.6 is 0 Å². The number of hydrogen-bond donors (Lipinski definition) is 1. The van der Waals surface area contributed by atoms with E-state index < -0.39 is 0 Å². The van der Waals surface area contributed by atoms with Crippen LogP contribution in [0.4, 0.5) is 0 Å². The number of benzene rings is 2. The van der Waals surface area contributed by atoms with Gasteiger partial charge in [0, 0.05) is 5.71 Å². The van der Waals surface area contributed by atoms with Crippen LogP contribution in [0.3, 0.4) is 0 Å². The molecule has 0 aliphatic rings. The van der Waals surface area contributed by atoms with Gasteiger partial charge in [-0.3, -0.25) is 0 Å². The van der Waals surface area contributed by atoms with Gasteiger partial charge >= 0.3 is 0 Å². The minimum absolute atomic E-state index is 0.594. The predicted octanol–water partition coefficient (Wildman–Crippen LogP) is 4.31. The van der Waals surface area contributed by atoms with Gasteiger partial charge in [-0.05, 0) is 47.7 Å². The normalized spacial score (nSPS) is 10.3. The molecule has 0 aliphatic carbocycles. The summed E-state index contributed by atoms with van der Waals surface area (Å²) in [4.78, 5) is 0. The molecular formula is C17H19NO. The van der Waals surface area contributed by atoms with Gasteiger partial charge in [0.05, 0.1) is 7.11 Å². The second-order valence-electron chi connectivity index (χ2n) is 4.58. The lowest BCUT2D eigenvalue weighted by Gasteiger charge is -2.11. The Labute approximate surface area is 114 Å². The van der Waals surface area contributed by atoms with Gasteiger partial charge in [0.1, 0.15) is 5.75 Å². The van der Waals surface area contributed by atoms with Crippen LogP contribution in [-0.2, 0) is 6.42 Å². The van der Waals surface area contributed by atoms with Crippen molar-refractivity contribution >= 4 is 5.71 Å². The standard InChI is InChI=1S/C17H19NO/c1-4-13-11-16(19-3)9-10-17(13)15-7-5-14(6-8-15)12(2)18/h5-11,18H,4H2,1-3H3. The Balaban J connectivity index is 2.43. The Kier molecular flexibility index (Phi) is 4.00. The number of ether oxygens (including phenoxy) is 1. The fraction of sp³-hybridized carbons (Fsp3) is 0.235. The lowest BCUT2D eigenvalue weighted by Crippen LogP contribution is -1.93. The van der Waals surface area contributed by atoms with Crippen molar-refractivity contribution in [1.29, 1.82) is 5.41 Å². The SMILES string of the molecule is CCc1cc(OC)ccc1-c1ccc(C(C)=N)cc1. The molecule has 98 valence electrons. The zero-order chi connectivity index (χ0) is 13.8. The topological polar surface area (TPSA) is 33.1 Å². The van der Waals surface area contributed by atoms with Gasteiger partial charge in [0.15, 0.2) is 0 Å². The van der Waals surface area contributed by atoms with Crippen molar-refractivity contribution in [2.45, 2.75) is 20.3 Å². The highest BCUT2D eigenvalue weighted by Gasteiger charge is 2.06. The number of aryl methyl sites for hydroxylation is 1. The Morgan fingerprint density at radius 3 is 2.32 bits per heavy atom. The van der Waals surface area contributed by atoms with Crippen molar-refractivity contribution < 1.29 is 4.74 Å². The van der Waals surface area contributed by atoms with Crippen molar-refractivity contribution in [3.63, 3.8) is 0 Å². The van der Waals surface area contributed by atoms with Gasteiger partial charge in [-0.25, -0.2) is 0 Å². The van der Waals surface area contributed by atoms with E-state index in [1.165, 1.54) is 16.7 Å². The smallest absolute Gasteiger partial charge is 0.119 e. The molecule has 2 aromatic carbocycles. The summed E-state index contributed by atoms with van der Waals surface area (Å²) in [5, 5.41) is 7.63. The van der Waals surface area contributed by atoms with Crippen LogP contribution in [-0.4, -0.2) is 12.8 Å². The monoisotopic (exact) mass is 253 g/mol. The lowest BCUT2D eigenvalue weighted by atomic mass is 9.96. The van der Waals surface area contributed by atoms with E-state index in [0.29, 0.717) is 5.71 Å². The van der Waals surface area contributed by atoms with Crippen molar-refractivity contribution in [1.82, 2.24) is 0 Å². The van der Waals surface area contributed by atoms with Crippen LogP contribution in [0.25, 0.3) is 11.1 Å². The van der Waals surface area contributed by atoms with Gasteiger partial charge in [0.2, 0.25) is 0 Å². The van der Waals surface area contributed by atoms with Crippen molar-refractivity contribution in [3.8, 4) is 16.9 Å². The molecule has 0 saturated heterocycles. The summed E-state index contributed by atoms with van der Waals surface area (Å²) in [6, 6.07) is 14.3. The Morgan fingerprint density at radius 1 is 1.11 bits per heavy atom. The van der Waals surface area contributed by atoms with Gasteiger partial charge in [0.25, 0.3) is 0 Å². The van der Waals surface area contributed by atoms with Crippen LogP contribution < -0.4 is 4.74 Å². The molecule has 0 bridgehead atoms. The summed E-state index contributed by atoms with van der Waals surface area (Å²) >= 11 is 0. The fourth-order valence-electron chi connectivity index (χ4n) is 2.17. The molecule has 2 aromatic rings. The molecule has 0 unspecified atom stereocenters. The molecule has 0 aromatic heterocycles. The number of hydrogen-bond acceptors (Lipinski definition) is 2. The van der Waals surface area contributed by atoms with E-state index in [2.05, 4.69) is 31.2 Å². The Bertz CT molecular complexity index is 585. The maximum atomic E-state index is 7.63. The van der Waals surface area contributed by atoms with E-state index in [0.717, 1.165) is 17.7 Å². The molecule has 0 heterocycles. The molecule has 2 rings (SSSR count). The zero-order valence-corrected chi connectivity index (χ0v) is 11.7. The number of methoxy groups -OCH3 is 1. The maximum Gasteiger partial charge on any atom is 0.119 e. The largest absolute Gasteiger partial charge is 0.497 e. The molecule has 0 saturated carbocycles. The van der Waals surface area contributed by atoms with Crippen molar-refractivity contribution in [2.75, 3.05) is 7.11 Å². The number of rotatable bonds is 4. The Morgan fingerprint density at radius 2 is 1.79 bits per heavy atom. The third kappa shape index (κ3) is 2.84. The first-order valence-corrected chi connectivity index (χ1v) is 6.48. The third-order valence-corrected chi connectivity index (χ3v) is 3.32. The predicted molar refractivity (Wildman–Crippen MR) is 80.3 cm³/mol. The van der Waals surface area contributed by atoms with Crippen molar-refractivity contribution in [3.05, 3.63) is 53.6 Å². The summed E-state index contributed by atoms with van der Waals surface area (Å²) in [6.07, 6.45) is 0.970. The maximum absolute atomic E-state index is 7.63. The average molecular weight is 253 g/mol. The summed E-state index contributed by atoms with van der Waals surface area (Å²) in [6.45, 7) is 3.95. The summed E-state index contributed by atoms with van der Waals surface area (Å²) in [5.74, 6) is 0.896. The van der Waals surface area contributed by atoms with E-state index in [4.69, 9.17) is 10.1 Å². The highest BCUT2D eigenvalue weighted by Crippen LogP contribution is 2.28. The second kappa shape index (κ2) is 5.70. The summed E-state index contributed by atoms with van der Waals surface area (Å²) in [5.41, 5.74) is 5.26. The summed E-state index contributed by atoms with van der Waals surface area (Å²) in [7, 11) is 1.69. The molecular weight excluding hydrogens is 234 g/mol. The second-order valence-corrected chi connectivity index (χ2v) is 4.58. The van der Waals surface area contributed by atoms with E-state index >= 15 is 0 Å². The quantitative estimate of drug-likeness (QED) is 0.809. The lowest BCUT2D eigenvalue weighted by molar-refractivity contribution is 0.414. The van der Waals surface area contributed by atoms with Gasteiger partial charge < -0.3 is 10.1 Å². The molecule has 0 amide bonds. The minimum atomic E-state index is 0.594. The molecule has 1 N–H and O–H groups in total. The molecule has 0 atom stereocenters. The van der Waals surface area contributed by atoms with E-state index in [-0.39, 0.29) is 0 Å². The average Bonchev–Trinajstić information content (AvgIpc) is 2.46. The minimum Gasteiger partial charge on any atom is -0.497 e. The van der Waals surface area contributed by atoms with E-state index in [1.54, 1.807) is 14.0 Å². The van der Waals surface area contributed by atoms with Crippen LogP contribution in [0.5, 0.6) is 5.75 Å².